The molecule has 7 nitrogen and oxygen atoms in total. The molecule has 0 saturated carbocycles. The first-order chi connectivity index (χ1) is 37.9. The average molecular weight is 1060 g/mol. The molecule has 394 valence electrons. The summed E-state index contributed by atoms with van der Waals surface area (Å²) in [6.07, 6.45) is 2.77. The molecule has 8 aromatic carbocycles. The molecule has 0 spiro atoms. The van der Waals surface area contributed by atoms with Crippen LogP contribution in [-0.4, -0.2) is 96.1 Å². The molecular weight excluding hydrogens is 985 g/mol. The van der Waals surface area contributed by atoms with Gasteiger partial charge in [-0.25, -0.2) is 0 Å². The number of thioether (sulfide) groups is 2. The Morgan fingerprint density at radius 1 is 0.623 bits per heavy atom. The second kappa shape index (κ2) is 25.8. The number of amides is 1. The van der Waals surface area contributed by atoms with Gasteiger partial charge in [0.15, 0.2) is 0 Å². The predicted molar refractivity (Wildman–Crippen MR) is 322 cm³/mol. The number of piperidine rings is 1. The van der Waals surface area contributed by atoms with Crippen molar-refractivity contribution in [1.82, 2.24) is 15.1 Å². The van der Waals surface area contributed by atoms with E-state index >= 15 is 0 Å². The molecule has 9 heteroatoms. The van der Waals surface area contributed by atoms with Gasteiger partial charge in [0.1, 0.15) is 7.11 Å². The minimum absolute atomic E-state index is 0.00231. The summed E-state index contributed by atoms with van der Waals surface area (Å²) < 4.78 is -0.943. The van der Waals surface area contributed by atoms with Gasteiger partial charge in [0.2, 0.25) is 5.91 Å². The Labute approximate surface area is 465 Å². The zero-order chi connectivity index (χ0) is 52.9. The van der Waals surface area contributed by atoms with Crippen LogP contribution in [0.4, 0.5) is 0 Å². The molecule has 77 heavy (non-hydrogen) atoms. The molecule has 0 radical (unpaired) electrons. The predicted octanol–water partition coefficient (Wildman–Crippen LogP) is 13.4. The Balaban J connectivity index is 0.894. The maximum Gasteiger partial charge on any atom is 0.234 e. The van der Waals surface area contributed by atoms with Crippen LogP contribution in [0.2, 0.25) is 0 Å². The summed E-state index contributed by atoms with van der Waals surface area (Å²) in [6, 6.07) is 80.4. The lowest BCUT2D eigenvalue weighted by atomic mass is 9.72. The third kappa shape index (κ3) is 11.9. The fraction of sp³-hybridized carbons (Fsp3) is 0.294. The van der Waals surface area contributed by atoms with Gasteiger partial charge in [-0.15, -0.1) is 23.5 Å². The summed E-state index contributed by atoms with van der Waals surface area (Å²) in [7, 11) is 1.63. The van der Waals surface area contributed by atoms with Crippen molar-refractivity contribution < 1.29 is 14.7 Å². The first-order valence-corrected chi connectivity index (χ1v) is 29.5. The van der Waals surface area contributed by atoms with Gasteiger partial charge in [-0.05, 0) is 87.9 Å². The molecule has 8 aromatic rings. The highest BCUT2D eigenvalue weighted by molar-refractivity contribution is 8.00. The number of aliphatic hydroxyl groups excluding tert-OH is 1. The first-order valence-electron chi connectivity index (χ1n) is 27.6. The first kappa shape index (κ1) is 53.9. The van der Waals surface area contributed by atoms with Gasteiger partial charge in [-0.1, -0.05) is 237 Å². The number of benzene rings is 8. The smallest absolute Gasteiger partial charge is 0.234 e. The van der Waals surface area contributed by atoms with Crippen LogP contribution in [0.1, 0.15) is 77.5 Å². The number of nitrogens with one attached hydrogen (secondary N) is 1. The normalized spacial score (nSPS) is 18.9. The van der Waals surface area contributed by atoms with Gasteiger partial charge in [0.05, 0.1) is 27.9 Å². The number of hydrogen-bond acceptors (Lipinski definition) is 8. The van der Waals surface area contributed by atoms with E-state index in [1.54, 1.807) is 7.11 Å². The van der Waals surface area contributed by atoms with Crippen LogP contribution in [-0.2, 0) is 19.1 Å². The third-order valence-corrected chi connectivity index (χ3v) is 19.1. The lowest BCUT2D eigenvalue weighted by molar-refractivity contribution is -0.122. The van der Waals surface area contributed by atoms with Gasteiger partial charge >= 0.3 is 0 Å². The molecule has 1 amide bonds. The summed E-state index contributed by atoms with van der Waals surface area (Å²) in [5, 5.41) is 22.5. The van der Waals surface area contributed by atoms with E-state index in [9.17, 15) is 9.90 Å². The van der Waals surface area contributed by atoms with E-state index in [0.717, 1.165) is 50.2 Å². The van der Waals surface area contributed by atoms with Crippen molar-refractivity contribution in [2.75, 3.05) is 51.3 Å². The average Bonchev–Trinajstić information content (AvgIpc) is 3.75. The van der Waals surface area contributed by atoms with E-state index in [4.69, 9.17) is 4.84 Å². The topological polar surface area (TPSA) is 77.4 Å². The SMILES string of the molecule is CCC(=NOC)C1C(c2ccc3ccccc3c2)CC2CC(O)C1N2CCCN(CCSC(c1ccccc1)(c1ccccc1)c1ccccc1)CC(=O)NCCSC(c1ccccc1)(c1ccccc1)c1ccccc1. The Hall–Kier alpha value is -6.46. The number of rotatable bonds is 24. The van der Waals surface area contributed by atoms with E-state index in [2.05, 4.69) is 252 Å². The van der Waals surface area contributed by atoms with Gasteiger partial charge < -0.3 is 15.3 Å². The lowest BCUT2D eigenvalue weighted by Crippen LogP contribution is -2.53. The van der Waals surface area contributed by atoms with Crippen molar-refractivity contribution in [2.45, 2.75) is 66.2 Å². The maximum atomic E-state index is 14.5. The standard InChI is InChI=1S/C68H72N4O3S2/c1-3-62(70-75-2)65-61(53-40-39-51-25-22-23-26-52(51)47-53)48-60-49-63(73)66(65)72(60)43-24-42-71(44-46-77-68(57-33-16-7-17-34-57,58-35-18-8-19-36-58)59-37-20-9-21-38-59)50-64(74)69-41-45-76-67(54-27-10-4-11-28-54,55-29-12-5-13-30-55)56-31-14-6-15-32-56/h4-23,25-40,47,60-61,63,65-66,73H,3,24,41-46,48-50H2,1-2H3,(H,69,74). The molecule has 2 N–H and O–H groups in total. The number of carbonyl (C=O) groups excluding carboxylic acids is 1. The zero-order valence-corrected chi connectivity index (χ0v) is 46.1. The summed E-state index contributed by atoms with van der Waals surface area (Å²) in [4.78, 5) is 24.9. The van der Waals surface area contributed by atoms with Crippen LogP contribution >= 0.6 is 23.5 Å². The maximum absolute atomic E-state index is 14.5. The summed E-state index contributed by atoms with van der Waals surface area (Å²) in [5.41, 5.74) is 9.58. The number of oxime groups is 1. The number of nitrogens with zero attached hydrogens (tertiary/aromatic N) is 3. The minimum Gasteiger partial charge on any atom is -0.399 e. The molecule has 2 bridgehead atoms. The van der Waals surface area contributed by atoms with Gasteiger partial charge in [0, 0.05) is 49.1 Å². The molecule has 2 heterocycles. The molecule has 2 saturated heterocycles. The van der Waals surface area contributed by atoms with Crippen LogP contribution in [0, 0.1) is 5.92 Å². The fourth-order valence-corrected chi connectivity index (χ4v) is 15.6. The molecule has 5 unspecified atom stereocenters. The van der Waals surface area contributed by atoms with Crippen molar-refractivity contribution >= 4 is 45.9 Å². The molecule has 0 aliphatic carbocycles. The molecule has 0 aromatic heterocycles. The summed E-state index contributed by atoms with van der Waals surface area (Å²) in [6.45, 7) is 5.21. The van der Waals surface area contributed by atoms with Crippen molar-refractivity contribution in [3.63, 3.8) is 0 Å². The Morgan fingerprint density at radius 2 is 1.09 bits per heavy atom. The van der Waals surface area contributed by atoms with E-state index < -0.39 is 15.6 Å². The minimum atomic E-state index is -0.480. The summed E-state index contributed by atoms with van der Waals surface area (Å²) >= 11 is 3.81. The quantitative estimate of drug-likeness (QED) is 0.0270. The van der Waals surface area contributed by atoms with Gasteiger partial charge in [-0.3, -0.25) is 14.6 Å². The molecule has 5 atom stereocenters. The van der Waals surface area contributed by atoms with E-state index in [1.165, 1.54) is 49.7 Å². The molecule has 10 rings (SSSR count). The monoisotopic (exact) mass is 1060 g/mol. The Morgan fingerprint density at radius 3 is 1.57 bits per heavy atom. The lowest BCUT2D eigenvalue weighted by Gasteiger charge is -2.46. The number of carbonyl (C=O) groups is 1. The highest BCUT2D eigenvalue weighted by Gasteiger charge is 2.53. The van der Waals surface area contributed by atoms with Crippen molar-refractivity contribution in [3.05, 3.63) is 263 Å². The van der Waals surface area contributed by atoms with Crippen molar-refractivity contribution in [2.24, 2.45) is 11.1 Å². The highest BCUT2D eigenvalue weighted by atomic mass is 32.2. The van der Waals surface area contributed by atoms with Gasteiger partial charge in [0.25, 0.3) is 0 Å². The number of fused-ring (bicyclic) bond motifs is 3. The molecule has 2 aliphatic heterocycles. The Bertz CT molecular complexity index is 2940. The molecule has 2 fully saturated rings. The van der Waals surface area contributed by atoms with E-state index in [-0.39, 0.29) is 36.4 Å². The van der Waals surface area contributed by atoms with Crippen LogP contribution in [0.3, 0.4) is 0 Å². The van der Waals surface area contributed by atoms with Crippen LogP contribution in [0.15, 0.2) is 230 Å². The van der Waals surface area contributed by atoms with E-state index in [0.29, 0.717) is 18.8 Å². The largest absolute Gasteiger partial charge is 0.399 e. The number of hydrogen-bond donors (Lipinski definition) is 2. The van der Waals surface area contributed by atoms with Crippen LogP contribution < -0.4 is 5.32 Å². The fourth-order valence-electron chi connectivity index (χ4n) is 12.7. The third-order valence-electron chi connectivity index (χ3n) is 16.1. The van der Waals surface area contributed by atoms with Crippen LogP contribution in [0.5, 0.6) is 0 Å². The van der Waals surface area contributed by atoms with Crippen molar-refractivity contribution in [3.8, 4) is 0 Å². The number of aliphatic hydroxyl groups is 1. The molecular formula is C68H72N4O3S2. The zero-order valence-electron chi connectivity index (χ0n) is 44.4. The van der Waals surface area contributed by atoms with Gasteiger partial charge in [-0.2, -0.15) is 0 Å². The molecule has 2 aliphatic rings. The van der Waals surface area contributed by atoms with Crippen molar-refractivity contribution in [1.29, 1.82) is 0 Å². The van der Waals surface area contributed by atoms with E-state index in [1.807, 2.05) is 23.5 Å². The van der Waals surface area contributed by atoms with Crippen LogP contribution in [0.25, 0.3) is 10.8 Å². The second-order valence-corrected chi connectivity index (χ2v) is 23.1. The Kier molecular flexibility index (Phi) is 18.1. The second-order valence-electron chi connectivity index (χ2n) is 20.5. The summed E-state index contributed by atoms with van der Waals surface area (Å²) in [5.74, 6) is 1.71. The highest BCUT2D eigenvalue weighted by Crippen LogP contribution is 2.51.